The molecular weight excluding hydrogens is 2380 g/mol. The van der Waals surface area contributed by atoms with Gasteiger partial charge in [0.15, 0.2) is 34.5 Å². The minimum absolute atomic E-state index is 0. The molecule has 0 bridgehead atoms. The van der Waals surface area contributed by atoms with Gasteiger partial charge in [-0.2, -0.15) is 0 Å². The molecule has 0 aliphatic heterocycles. The molecule has 0 aromatic heterocycles. The molecule has 0 atom stereocenters. The van der Waals surface area contributed by atoms with E-state index in [9.17, 15) is 30.6 Å². The maximum atomic E-state index is 12.7. The second-order valence-corrected chi connectivity index (χ2v) is 50.5. The van der Waals surface area contributed by atoms with E-state index in [4.69, 9.17) is 0 Å². The van der Waals surface area contributed by atoms with Gasteiger partial charge in [0, 0.05) is 153 Å². The molecule has 0 aliphatic rings. The van der Waals surface area contributed by atoms with Crippen LogP contribution in [0.2, 0.25) is 0 Å². The molecule has 726 valence electrons. The zero-order valence-corrected chi connectivity index (χ0v) is 101. The smallest absolute Gasteiger partial charge is 0.167 e. The molecule has 150 heavy (non-hydrogen) atoms. The van der Waals surface area contributed by atoms with Gasteiger partial charge in [0.25, 0.3) is 0 Å². The fourth-order valence-electron chi connectivity index (χ4n) is 20.8. The third kappa shape index (κ3) is 22.8. The number of hydrogen-bond donors (Lipinski definition) is 6. The van der Waals surface area contributed by atoms with Crippen LogP contribution in [0.15, 0.2) is 546 Å². The van der Waals surface area contributed by atoms with E-state index < -0.39 is 47.5 Å². The van der Waals surface area contributed by atoms with Crippen LogP contribution in [0.1, 0.15) is 0 Å². The van der Waals surface area contributed by atoms with Crippen LogP contribution in [0.4, 0.5) is 0 Å². The van der Waals surface area contributed by atoms with E-state index in [1.165, 1.54) is 63.7 Å². The maximum Gasteiger partial charge on any atom is 0.167 e. The molecule has 0 fully saturated rings. The minimum atomic E-state index is -1.63. The first-order valence-electron chi connectivity index (χ1n) is 48.4. The zero-order chi connectivity index (χ0) is 97.4. The Morgan fingerprint density at radius 1 is 0.113 bits per heavy atom. The molecule has 0 unspecified atom stereocenters. The van der Waals surface area contributed by atoms with Crippen LogP contribution in [-0.2, 0) is 120 Å². The maximum absolute atomic E-state index is 12.7. The summed E-state index contributed by atoms with van der Waals surface area (Å²) in [4.78, 5) is 0. The quantitative estimate of drug-likeness (QED) is 0.0315. The summed E-state index contributed by atoms with van der Waals surface area (Å²) in [6.07, 6.45) is 0. The predicted molar refractivity (Wildman–Crippen MR) is 631 cm³/mol. The van der Waals surface area contributed by atoms with E-state index >= 15 is 0 Å². The summed E-state index contributed by atoms with van der Waals surface area (Å²) in [7, 11) is -9.77. The summed E-state index contributed by atoms with van der Waals surface area (Å²) in [6, 6.07) is 188. The number of hydrogen-bond acceptors (Lipinski definition) is 6. The van der Waals surface area contributed by atoms with Gasteiger partial charge < -0.3 is 30.6 Å². The van der Waals surface area contributed by atoms with E-state index in [-0.39, 0.29) is 154 Å². The van der Waals surface area contributed by atoms with Crippen LogP contribution < -0.4 is 95.5 Å². The van der Waals surface area contributed by atoms with Crippen molar-refractivity contribution in [3.8, 4) is 67.9 Å². The largest absolute Gasteiger partial charge is 0.504 e. The molecule has 0 aliphatic carbocycles. The van der Waals surface area contributed by atoms with Gasteiger partial charge in [0.2, 0.25) is 0 Å². The van der Waals surface area contributed by atoms with Crippen LogP contribution in [0.3, 0.4) is 0 Å². The Hall–Kier alpha value is -11.9. The molecule has 6 N–H and O–H groups in total. The summed E-state index contributed by atoms with van der Waals surface area (Å²) in [5.41, 5.74) is 4.06. The first kappa shape index (κ1) is 111. The molecule has 24 rings (SSSR count). The fourth-order valence-corrected chi connectivity index (χ4v) is 36.8. The summed E-state index contributed by atoms with van der Waals surface area (Å²) < 4.78 is 0. The van der Waals surface area contributed by atoms with E-state index in [1.807, 2.05) is 146 Å². The SMILES string of the molecule is Oc1c([PH+](c2ccccc2)c2ccccc2)cc2ccccc2c1-c1c(O)c([PH+](c2ccccc2)c2ccccc2)cc2ccccc12.Oc1c([PH+](c2ccccc2)c2ccccc2)cc2ccccc2c1-c1c(O)c([PH+](c2ccccc2)c2ccccc2)cc2ccccc12.Oc1c([PH+](c2ccccc2)c2ccccc2)cc2ccccc2c1-c1c(O)c([PH+](c2ccccc2)c2ccccc2)cc2ccccc12.[Pd].[Pd].[Pd].[Zn].[Zn].[Zn]. The van der Waals surface area contributed by atoms with Crippen LogP contribution in [-0.4, -0.2) is 30.6 Å². The van der Waals surface area contributed by atoms with Crippen molar-refractivity contribution in [3.63, 3.8) is 0 Å². The molecule has 0 saturated carbocycles. The van der Waals surface area contributed by atoms with Gasteiger partial charge in [-0.15, -0.1) is 0 Å². The van der Waals surface area contributed by atoms with Gasteiger partial charge in [0.1, 0.15) is 143 Å². The zero-order valence-electron chi connectivity index (χ0n) is 81.7. The van der Waals surface area contributed by atoms with E-state index in [1.54, 1.807) is 0 Å². The van der Waals surface area contributed by atoms with Crippen molar-refractivity contribution >= 4 is 208 Å². The summed E-state index contributed by atoms with van der Waals surface area (Å²) in [6.45, 7) is 0. The molecule has 24 aromatic rings. The van der Waals surface area contributed by atoms with Gasteiger partial charge in [-0.25, -0.2) is 0 Å². The van der Waals surface area contributed by atoms with Gasteiger partial charge >= 0.3 is 0 Å². The summed E-state index contributed by atoms with van der Waals surface area (Å²) in [5.74, 6) is 1.34. The van der Waals surface area contributed by atoms with E-state index in [2.05, 4.69) is 400 Å². The average molecular weight is 2490 g/mol. The number of benzene rings is 24. The topological polar surface area (TPSA) is 121 Å². The van der Waals surface area contributed by atoms with E-state index in [0.717, 1.165) is 96.5 Å². The third-order valence-corrected chi connectivity index (χ3v) is 43.7. The normalized spacial score (nSPS) is 11.0. The van der Waals surface area contributed by atoms with Crippen molar-refractivity contribution in [2.45, 2.75) is 0 Å². The first-order valence-corrected chi connectivity index (χ1v) is 57.4. The van der Waals surface area contributed by atoms with Gasteiger partial charge in [-0.3, -0.25) is 0 Å². The third-order valence-electron chi connectivity index (χ3n) is 27.2. The van der Waals surface area contributed by atoms with Crippen LogP contribution in [0.5, 0.6) is 34.5 Å². The van der Waals surface area contributed by atoms with Crippen molar-refractivity contribution in [3.05, 3.63) is 546 Å². The summed E-state index contributed by atoms with van der Waals surface area (Å²) >= 11 is 0. The fraction of sp³-hybridized carbons (Fsp3) is 0. The van der Waals surface area contributed by atoms with Crippen LogP contribution in [0, 0.1) is 0 Å². The second kappa shape index (κ2) is 51.5. The Bertz CT molecular complexity index is 7190. The molecule has 0 heterocycles. The van der Waals surface area contributed by atoms with E-state index in [0.29, 0.717) is 33.4 Å². The van der Waals surface area contributed by atoms with Crippen molar-refractivity contribution in [1.29, 1.82) is 0 Å². The van der Waals surface area contributed by atoms with Gasteiger partial charge in [-0.1, -0.05) is 364 Å². The number of aromatic hydroxyl groups is 6. The number of phenolic OH excluding ortho intramolecular Hbond substituents is 6. The molecule has 0 amide bonds. The molecule has 24 aromatic carbocycles. The Balaban J connectivity index is 0.000000157. The van der Waals surface area contributed by atoms with Crippen molar-refractivity contribution < 1.29 is 150 Å². The number of phenols is 6. The van der Waals surface area contributed by atoms with Crippen molar-refractivity contribution in [2.75, 3.05) is 0 Å². The average Bonchev–Trinajstić information content (AvgIpc) is 0.734. The Morgan fingerprint density at radius 3 is 0.300 bits per heavy atom. The van der Waals surface area contributed by atoms with Crippen LogP contribution in [0.25, 0.3) is 98.0 Å². The monoisotopic (exact) mass is 2480 g/mol. The van der Waals surface area contributed by atoms with Gasteiger partial charge in [0.05, 0.1) is 0 Å². The number of rotatable bonds is 21. The summed E-state index contributed by atoms with van der Waals surface area (Å²) in [5, 5.41) is 107. The number of fused-ring (bicyclic) bond motifs is 6. The molecule has 18 heteroatoms. The van der Waals surface area contributed by atoms with Crippen molar-refractivity contribution in [2.24, 2.45) is 0 Å². The first-order chi connectivity index (χ1) is 71.1. The Morgan fingerprint density at radius 2 is 0.200 bits per heavy atom. The minimum Gasteiger partial charge on any atom is -0.504 e. The molecule has 0 spiro atoms. The molecule has 6 nitrogen and oxygen atoms in total. The molecule has 0 radical (unpaired) electrons. The standard InChI is InChI=1S/3C44H32O2P2.3Pd.3Zn/c3*45-43-39(47(33-19-5-1-6-20-33)34-21-7-2-8-22-34)29-31-17-13-15-27-37(31)41(43)42-38-28-16-14-18-32(38)30-40(44(42)46)48(35-23-9-3-10-24-35)36-25-11-4-12-26-36;;;;;;/h3*1-30,45-46H;;;;;;/p+6. The molecular formula is C132H102O6P6Pd3Zn3+6. The van der Waals surface area contributed by atoms with Crippen molar-refractivity contribution in [1.82, 2.24) is 0 Å². The molecule has 0 saturated heterocycles. The second-order valence-electron chi connectivity index (χ2n) is 35.9. The Labute approximate surface area is 961 Å². The van der Waals surface area contributed by atoms with Crippen LogP contribution >= 0.6 is 47.5 Å². The predicted octanol–water partition coefficient (Wildman–Crippen LogP) is 24.1. The van der Waals surface area contributed by atoms with Gasteiger partial charge in [-0.05, 0) is 247 Å². The Kier molecular flexibility index (Phi) is 38.0.